The summed E-state index contributed by atoms with van der Waals surface area (Å²) < 4.78 is 5.07. The number of aliphatic hydroxyl groups is 4. The Morgan fingerprint density at radius 3 is 2.46 bits per heavy atom. The first-order valence-electron chi connectivity index (χ1n) is 7.91. The van der Waals surface area contributed by atoms with Gasteiger partial charge in [-0.15, -0.1) is 0 Å². The molecular formula is C17H20NO8-. The highest BCUT2D eigenvalue weighted by atomic mass is 16.5. The predicted molar refractivity (Wildman–Crippen MR) is 85.1 cm³/mol. The zero-order chi connectivity index (χ0) is 19.3. The van der Waals surface area contributed by atoms with Gasteiger partial charge in [0.15, 0.2) is 6.10 Å². The molecule has 9 nitrogen and oxygen atoms in total. The number of amides is 1. The number of hydrogen-bond donors (Lipinski definition) is 5. The van der Waals surface area contributed by atoms with E-state index in [2.05, 4.69) is 5.32 Å². The fourth-order valence-corrected chi connectivity index (χ4v) is 2.62. The molecule has 1 heterocycles. The lowest BCUT2D eigenvalue weighted by molar-refractivity contribution is -0.305. The molecule has 26 heavy (non-hydrogen) atoms. The Kier molecular flexibility index (Phi) is 6.70. The van der Waals surface area contributed by atoms with Gasteiger partial charge in [-0.1, -0.05) is 30.3 Å². The van der Waals surface area contributed by atoms with Crippen molar-refractivity contribution >= 4 is 11.9 Å². The quantitative estimate of drug-likeness (QED) is 0.338. The Balaban J connectivity index is 2.18. The van der Waals surface area contributed by atoms with Crippen molar-refractivity contribution in [3.05, 3.63) is 47.7 Å². The van der Waals surface area contributed by atoms with E-state index in [1.165, 1.54) is 0 Å². The van der Waals surface area contributed by atoms with Gasteiger partial charge in [0.05, 0.1) is 25.2 Å². The second-order valence-electron chi connectivity index (χ2n) is 5.89. The zero-order valence-electron chi connectivity index (χ0n) is 13.7. The normalized spacial score (nSPS) is 24.8. The second kappa shape index (κ2) is 8.77. The van der Waals surface area contributed by atoms with Crippen LogP contribution < -0.4 is 10.4 Å². The number of ether oxygens (including phenoxy) is 1. The highest BCUT2D eigenvalue weighted by Gasteiger charge is 2.42. The molecule has 1 aliphatic rings. The third-order valence-corrected chi connectivity index (χ3v) is 3.96. The van der Waals surface area contributed by atoms with Gasteiger partial charge in [-0.2, -0.15) is 0 Å². The summed E-state index contributed by atoms with van der Waals surface area (Å²) in [6, 6.07) is 7.49. The fraction of sp³-hybridized carbons (Fsp3) is 0.412. The molecule has 5 N–H and O–H groups in total. The molecule has 0 aliphatic carbocycles. The van der Waals surface area contributed by atoms with E-state index >= 15 is 0 Å². The summed E-state index contributed by atoms with van der Waals surface area (Å²) in [7, 11) is 0. The Bertz CT molecular complexity index is 662. The second-order valence-corrected chi connectivity index (χ2v) is 5.89. The Labute approximate surface area is 149 Å². The van der Waals surface area contributed by atoms with Gasteiger partial charge in [0.25, 0.3) is 0 Å². The number of aliphatic carboxylic acids is 1. The lowest BCUT2D eigenvalue weighted by Crippen LogP contribution is -2.60. The summed E-state index contributed by atoms with van der Waals surface area (Å²) in [5.41, 5.74) is 0.703. The van der Waals surface area contributed by atoms with Crippen LogP contribution in [0.2, 0.25) is 0 Å². The van der Waals surface area contributed by atoms with Crippen molar-refractivity contribution in [1.82, 2.24) is 5.32 Å². The largest absolute Gasteiger partial charge is 0.542 e. The number of carbonyl (C=O) groups is 2. The molecule has 0 radical (unpaired) electrons. The standard InChI is InChI=1S/C17H21NO8/c19-8-11(21)15(23)16-14(10(20)7-12(26-16)17(24)25)18-13(22)6-9-4-2-1-3-5-9/h1-5,7,10-11,14-16,19-21,23H,6,8H2,(H,18,22)(H,24,25)/p-1/t10-,11-,14-,15-,16?/m1/s1. The Hall–Kier alpha value is -2.46. The van der Waals surface area contributed by atoms with Gasteiger partial charge in [0, 0.05) is 0 Å². The summed E-state index contributed by atoms with van der Waals surface area (Å²) in [4.78, 5) is 23.2. The molecule has 0 aromatic heterocycles. The summed E-state index contributed by atoms with van der Waals surface area (Å²) in [5.74, 6) is -2.97. The average Bonchev–Trinajstić information content (AvgIpc) is 2.62. The minimum Gasteiger partial charge on any atom is -0.542 e. The molecule has 0 saturated carbocycles. The van der Waals surface area contributed by atoms with E-state index in [0.717, 1.165) is 6.08 Å². The van der Waals surface area contributed by atoms with Crippen molar-refractivity contribution < 1.29 is 39.9 Å². The molecule has 5 atom stereocenters. The molecule has 1 aromatic carbocycles. The lowest BCUT2D eigenvalue weighted by atomic mass is 9.93. The third kappa shape index (κ3) is 4.79. The van der Waals surface area contributed by atoms with Crippen LogP contribution in [0.1, 0.15) is 5.56 Å². The van der Waals surface area contributed by atoms with Crippen molar-refractivity contribution in [3.8, 4) is 0 Å². The van der Waals surface area contributed by atoms with Crippen molar-refractivity contribution in [2.24, 2.45) is 0 Å². The number of hydrogen-bond acceptors (Lipinski definition) is 8. The number of nitrogens with one attached hydrogen (secondary N) is 1. The highest BCUT2D eigenvalue weighted by molar-refractivity contribution is 5.83. The van der Waals surface area contributed by atoms with Crippen LogP contribution in [-0.4, -0.2) is 69.4 Å². The van der Waals surface area contributed by atoms with Gasteiger partial charge in [0.2, 0.25) is 5.91 Å². The molecule has 0 bridgehead atoms. The Morgan fingerprint density at radius 1 is 1.23 bits per heavy atom. The maximum Gasteiger partial charge on any atom is 0.224 e. The van der Waals surface area contributed by atoms with E-state index in [9.17, 15) is 30.0 Å². The van der Waals surface area contributed by atoms with Crippen molar-refractivity contribution in [2.45, 2.75) is 36.9 Å². The summed E-state index contributed by atoms with van der Waals surface area (Å²) >= 11 is 0. The van der Waals surface area contributed by atoms with Crippen LogP contribution in [0, 0.1) is 0 Å². The van der Waals surface area contributed by atoms with Gasteiger partial charge in [0.1, 0.15) is 23.9 Å². The van der Waals surface area contributed by atoms with Crippen LogP contribution in [0.5, 0.6) is 0 Å². The number of carbonyl (C=O) groups excluding carboxylic acids is 2. The SMILES string of the molecule is O=C(Cc1ccccc1)N[C@H]1C([C@H](O)[C@H](O)CO)OC(C(=O)[O-])=C[C@H]1O. The third-order valence-electron chi connectivity index (χ3n) is 3.96. The highest BCUT2D eigenvalue weighted by Crippen LogP contribution is 2.22. The van der Waals surface area contributed by atoms with Crippen molar-refractivity contribution in [3.63, 3.8) is 0 Å². The molecule has 2 rings (SSSR count). The van der Waals surface area contributed by atoms with Crippen LogP contribution in [0.15, 0.2) is 42.2 Å². The van der Waals surface area contributed by atoms with Crippen molar-refractivity contribution in [1.29, 1.82) is 0 Å². The number of carboxylic acids is 1. The van der Waals surface area contributed by atoms with E-state index in [4.69, 9.17) is 9.84 Å². The van der Waals surface area contributed by atoms with Gasteiger partial charge < -0.3 is 40.4 Å². The molecule has 1 aliphatic heterocycles. The van der Waals surface area contributed by atoms with Gasteiger partial charge in [-0.05, 0) is 11.6 Å². The molecule has 1 amide bonds. The van der Waals surface area contributed by atoms with Crippen LogP contribution in [0.4, 0.5) is 0 Å². The molecule has 1 unspecified atom stereocenters. The predicted octanol–water partition coefficient (Wildman–Crippen LogP) is -3.18. The van der Waals surface area contributed by atoms with E-state index in [1.807, 2.05) is 0 Å². The molecule has 1 aromatic rings. The molecule has 0 saturated heterocycles. The van der Waals surface area contributed by atoms with Crippen LogP contribution in [-0.2, 0) is 20.7 Å². The molecular weight excluding hydrogens is 346 g/mol. The zero-order valence-corrected chi connectivity index (χ0v) is 13.7. The lowest BCUT2D eigenvalue weighted by Gasteiger charge is -2.39. The summed E-state index contributed by atoms with van der Waals surface area (Å²) in [6.07, 6.45) is -5.64. The van der Waals surface area contributed by atoms with E-state index in [0.29, 0.717) is 5.56 Å². The maximum absolute atomic E-state index is 12.2. The number of rotatable bonds is 7. The molecule has 0 spiro atoms. The van der Waals surface area contributed by atoms with Crippen LogP contribution in [0.3, 0.4) is 0 Å². The fourth-order valence-electron chi connectivity index (χ4n) is 2.62. The number of carboxylic acid groups (broad SMARTS) is 1. The molecule has 142 valence electrons. The first-order valence-corrected chi connectivity index (χ1v) is 7.91. The number of benzene rings is 1. The average molecular weight is 366 g/mol. The van der Waals surface area contributed by atoms with E-state index in [-0.39, 0.29) is 6.42 Å². The summed E-state index contributed by atoms with van der Waals surface area (Å²) in [5, 5.41) is 52.3. The Morgan fingerprint density at radius 2 is 1.88 bits per heavy atom. The van der Waals surface area contributed by atoms with Crippen LogP contribution >= 0.6 is 0 Å². The van der Waals surface area contributed by atoms with E-state index < -0.39 is 54.7 Å². The smallest absolute Gasteiger partial charge is 0.224 e. The first kappa shape index (κ1) is 19.9. The minimum absolute atomic E-state index is 0.0213. The van der Waals surface area contributed by atoms with Gasteiger partial charge in [-0.25, -0.2) is 0 Å². The topological polar surface area (TPSA) is 159 Å². The summed E-state index contributed by atoms with van der Waals surface area (Å²) in [6.45, 7) is -0.827. The monoisotopic (exact) mass is 366 g/mol. The van der Waals surface area contributed by atoms with Gasteiger partial charge >= 0.3 is 0 Å². The molecule has 9 heteroatoms. The van der Waals surface area contributed by atoms with Crippen molar-refractivity contribution in [2.75, 3.05) is 6.61 Å². The maximum atomic E-state index is 12.2. The molecule has 0 fully saturated rings. The number of aliphatic hydroxyl groups excluding tert-OH is 4. The van der Waals surface area contributed by atoms with Gasteiger partial charge in [-0.3, -0.25) is 4.79 Å². The van der Waals surface area contributed by atoms with E-state index in [1.54, 1.807) is 30.3 Å². The first-order chi connectivity index (χ1) is 12.3. The van der Waals surface area contributed by atoms with Crippen LogP contribution in [0.25, 0.3) is 0 Å². The minimum atomic E-state index is -1.76.